The number of benzene rings is 2. The molecule has 0 amide bonds. The van der Waals surface area contributed by atoms with Crippen molar-refractivity contribution in [3.63, 3.8) is 0 Å². The summed E-state index contributed by atoms with van der Waals surface area (Å²) in [5.41, 5.74) is 8.06. The van der Waals surface area contributed by atoms with Crippen LogP contribution in [0.15, 0.2) is 48.5 Å². The molecule has 0 saturated heterocycles. The molecule has 0 radical (unpaired) electrons. The molecule has 0 heterocycles. The normalized spacial score (nSPS) is 12.0. The van der Waals surface area contributed by atoms with Gasteiger partial charge in [0.1, 0.15) is 0 Å². The molecule has 0 aliphatic carbocycles. The highest BCUT2D eigenvalue weighted by Crippen LogP contribution is 2.24. The van der Waals surface area contributed by atoms with E-state index in [4.69, 9.17) is 5.73 Å². The highest BCUT2D eigenvalue weighted by Gasteiger charge is 2.00. The third-order valence-corrected chi connectivity index (χ3v) is 2.64. The van der Waals surface area contributed by atoms with E-state index in [9.17, 15) is 0 Å². The van der Waals surface area contributed by atoms with E-state index >= 15 is 0 Å². The molecular formula is C14H15N. The van der Waals surface area contributed by atoms with E-state index < -0.39 is 0 Å². The average molecular weight is 197 g/mol. The Morgan fingerprint density at radius 3 is 2.67 bits per heavy atom. The fourth-order valence-electron chi connectivity index (χ4n) is 1.86. The SMILES string of the molecule is CC(=CCN)c1cccc2ccccc12. The molecule has 15 heavy (non-hydrogen) atoms. The number of hydrogen-bond acceptors (Lipinski definition) is 1. The predicted octanol–water partition coefficient (Wildman–Crippen LogP) is 3.20. The van der Waals surface area contributed by atoms with Crippen molar-refractivity contribution in [3.05, 3.63) is 54.1 Å². The lowest BCUT2D eigenvalue weighted by atomic mass is 9.99. The molecule has 0 unspecified atom stereocenters. The third kappa shape index (κ3) is 1.92. The van der Waals surface area contributed by atoms with E-state index in [-0.39, 0.29) is 0 Å². The fraction of sp³-hybridized carbons (Fsp3) is 0.143. The van der Waals surface area contributed by atoms with Crippen molar-refractivity contribution < 1.29 is 0 Å². The quantitative estimate of drug-likeness (QED) is 0.786. The predicted molar refractivity (Wildman–Crippen MR) is 66.7 cm³/mol. The lowest BCUT2D eigenvalue weighted by Gasteiger charge is -2.06. The van der Waals surface area contributed by atoms with Gasteiger partial charge in [0.25, 0.3) is 0 Å². The Balaban J connectivity index is 2.66. The summed E-state index contributed by atoms with van der Waals surface area (Å²) in [5.74, 6) is 0. The van der Waals surface area contributed by atoms with Crippen molar-refractivity contribution in [1.82, 2.24) is 0 Å². The van der Waals surface area contributed by atoms with Gasteiger partial charge in [-0.05, 0) is 28.8 Å². The van der Waals surface area contributed by atoms with Crippen LogP contribution in [0.2, 0.25) is 0 Å². The van der Waals surface area contributed by atoms with E-state index in [1.165, 1.54) is 21.9 Å². The summed E-state index contributed by atoms with van der Waals surface area (Å²) in [6.07, 6.45) is 2.06. The zero-order valence-corrected chi connectivity index (χ0v) is 8.90. The number of nitrogens with two attached hydrogens (primary N) is 1. The van der Waals surface area contributed by atoms with Crippen LogP contribution in [0.1, 0.15) is 12.5 Å². The largest absolute Gasteiger partial charge is 0.327 e. The van der Waals surface area contributed by atoms with E-state index in [2.05, 4.69) is 55.5 Å². The molecule has 2 N–H and O–H groups in total. The topological polar surface area (TPSA) is 26.0 Å². The van der Waals surface area contributed by atoms with Crippen LogP contribution in [-0.2, 0) is 0 Å². The lowest BCUT2D eigenvalue weighted by Crippen LogP contribution is -1.94. The van der Waals surface area contributed by atoms with Crippen LogP contribution in [0.25, 0.3) is 16.3 Å². The third-order valence-electron chi connectivity index (χ3n) is 2.64. The Bertz CT molecular complexity index is 492. The molecule has 0 aliphatic rings. The molecular weight excluding hydrogens is 182 g/mol. The van der Waals surface area contributed by atoms with Gasteiger partial charge in [-0.25, -0.2) is 0 Å². The second-order valence-electron chi connectivity index (χ2n) is 3.65. The first-order valence-electron chi connectivity index (χ1n) is 5.18. The van der Waals surface area contributed by atoms with Gasteiger partial charge in [-0.2, -0.15) is 0 Å². The van der Waals surface area contributed by atoms with Crippen molar-refractivity contribution in [2.45, 2.75) is 6.92 Å². The van der Waals surface area contributed by atoms with Crippen LogP contribution in [0, 0.1) is 0 Å². The van der Waals surface area contributed by atoms with Gasteiger partial charge in [0.05, 0.1) is 0 Å². The van der Waals surface area contributed by atoms with Crippen LogP contribution in [0.5, 0.6) is 0 Å². The maximum Gasteiger partial charge on any atom is 0.0112 e. The van der Waals surface area contributed by atoms with Crippen LogP contribution in [-0.4, -0.2) is 6.54 Å². The summed E-state index contributed by atoms with van der Waals surface area (Å²) >= 11 is 0. The van der Waals surface area contributed by atoms with Gasteiger partial charge >= 0.3 is 0 Å². The van der Waals surface area contributed by atoms with Crippen molar-refractivity contribution in [2.24, 2.45) is 5.73 Å². The van der Waals surface area contributed by atoms with Gasteiger partial charge in [0.15, 0.2) is 0 Å². The Morgan fingerprint density at radius 1 is 1.13 bits per heavy atom. The van der Waals surface area contributed by atoms with Crippen molar-refractivity contribution >= 4 is 16.3 Å². The minimum atomic E-state index is 0.592. The number of hydrogen-bond donors (Lipinski definition) is 1. The molecule has 0 saturated carbocycles. The van der Waals surface area contributed by atoms with Crippen LogP contribution >= 0.6 is 0 Å². The lowest BCUT2D eigenvalue weighted by molar-refractivity contribution is 1.25. The summed E-state index contributed by atoms with van der Waals surface area (Å²) in [7, 11) is 0. The molecule has 0 aliphatic heterocycles. The Labute approximate surface area is 90.2 Å². The molecule has 2 aromatic carbocycles. The van der Waals surface area contributed by atoms with Crippen molar-refractivity contribution in [2.75, 3.05) is 6.54 Å². The molecule has 0 spiro atoms. The van der Waals surface area contributed by atoms with Crippen molar-refractivity contribution in [1.29, 1.82) is 0 Å². The smallest absolute Gasteiger partial charge is 0.0112 e. The minimum Gasteiger partial charge on any atom is -0.327 e. The van der Waals surface area contributed by atoms with Gasteiger partial charge in [-0.1, -0.05) is 48.5 Å². The summed E-state index contributed by atoms with van der Waals surface area (Å²) in [6.45, 7) is 2.70. The van der Waals surface area contributed by atoms with E-state index in [0.717, 1.165) is 0 Å². The second-order valence-corrected chi connectivity index (χ2v) is 3.65. The summed E-state index contributed by atoms with van der Waals surface area (Å²) < 4.78 is 0. The van der Waals surface area contributed by atoms with Gasteiger partial charge in [-0.3, -0.25) is 0 Å². The Morgan fingerprint density at radius 2 is 1.87 bits per heavy atom. The van der Waals surface area contributed by atoms with E-state index in [1.54, 1.807) is 0 Å². The fourth-order valence-corrected chi connectivity index (χ4v) is 1.86. The molecule has 0 atom stereocenters. The molecule has 0 bridgehead atoms. The van der Waals surface area contributed by atoms with E-state index in [1.807, 2.05) is 0 Å². The molecule has 2 aromatic rings. The monoisotopic (exact) mass is 197 g/mol. The van der Waals surface area contributed by atoms with Gasteiger partial charge in [0.2, 0.25) is 0 Å². The molecule has 1 nitrogen and oxygen atoms in total. The Hall–Kier alpha value is -1.60. The number of rotatable bonds is 2. The van der Waals surface area contributed by atoms with Crippen LogP contribution < -0.4 is 5.73 Å². The molecule has 1 heteroatoms. The van der Waals surface area contributed by atoms with E-state index in [0.29, 0.717) is 6.54 Å². The Kier molecular flexibility index (Phi) is 2.84. The summed E-state index contributed by atoms with van der Waals surface area (Å²) in [6, 6.07) is 14.8. The zero-order valence-electron chi connectivity index (χ0n) is 8.90. The van der Waals surface area contributed by atoms with Crippen LogP contribution in [0.3, 0.4) is 0 Å². The molecule has 0 fully saturated rings. The maximum atomic E-state index is 5.53. The molecule has 2 rings (SSSR count). The minimum absolute atomic E-state index is 0.592. The summed E-state index contributed by atoms with van der Waals surface area (Å²) in [4.78, 5) is 0. The standard InChI is InChI=1S/C14H15N/c1-11(9-10-15)13-8-4-6-12-5-2-3-7-14(12)13/h2-9H,10,15H2,1H3. The average Bonchev–Trinajstić information content (AvgIpc) is 2.28. The maximum absolute atomic E-state index is 5.53. The van der Waals surface area contributed by atoms with Gasteiger partial charge in [0, 0.05) is 6.54 Å². The number of allylic oxidation sites excluding steroid dienone is 1. The summed E-state index contributed by atoms with van der Waals surface area (Å²) in [5, 5.41) is 2.57. The zero-order chi connectivity index (χ0) is 10.7. The molecule has 76 valence electrons. The highest BCUT2D eigenvalue weighted by atomic mass is 14.5. The first-order chi connectivity index (χ1) is 7.33. The number of fused-ring (bicyclic) bond motifs is 1. The van der Waals surface area contributed by atoms with Crippen molar-refractivity contribution in [3.8, 4) is 0 Å². The first kappa shape index (κ1) is 9.94. The highest BCUT2D eigenvalue weighted by molar-refractivity contribution is 5.93. The van der Waals surface area contributed by atoms with Gasteiger partial charge < -0.3 is 5.73 Å². The van der Waals surface area contributed by atoms with Crippen LogP contribution in [0.4, 0.5) is 0 Å². The second kappa shape index (κ2) is 4.28. The van der Waals surface area contributed by atoms with Gasteiger partial charge in [-0.15, -0.1) is 0 Å². The molecule has 0 aromatic heterocycles. The first-order valence-corrected chi connectivity index (χ1v) is 5.18.